The Morgan fingerprint density at radius 3 is 1.87 bits per heavy atom. The molecule has 0 bridgehead atoms. The zero-order valence-corrected chi connectivity index (χ0v) is 22.7. The van der Waals surface area contributed by atoms with Crippen molar-refractivity contribution < 1.29 is 23.3 Å². The normalized spacial score (nSPS) is 12.2. The van der Waals surface area contributed by atoms with Gasteiger partial charge in [0.15, 0.2) is 11.1 Å². The number of aliphatic hydroxyl groups is 1. The molecular formula is C32H29NO5S. The van der Waals surface area contributed by atoms with Crippen LogP contribution in [0.15, 0.2) is 114 Å². The van der Waals surface area contributed by atoms with E-state index in [9.17, 15) is 13.9 Å². The second-order valence-electron chi connectivity index (χ2n) is 9.16. The van der Waals surface area contributed by atoms with Crippen LogP contribution in [0.4, 0.5) is 11.4 Å². The number of hydrogen-bond donors (Lipinski definition) is 2. The molecule has 0 fully saturated rings. The first-order valence-electron chi connectivity index (χ1n) is 12.3. The van der Waals surface area contributed by atoms with Crippen LogP contribution in [0.3, 0.4) is 0 Å². The number of rotatable bonds is 8. The summed E-state index contributed by atoms with van der Waals surface area (Å²) in [6, 6.07) is 33.5. The first-order chi connectivity index (χ1) is 18.9. The molecule has 0 aliphatic heterocycles. The maximum absolute atomic E-state index is 12.5. The smallest absolute Gasteiger partial charge is 0.188 e. The van der Waals surface area contributed by atoms with Gasteiger partial charge in [0.2, 0.25) is 0 Å². The third-order valence-electron chi connectivity index (χ3n) is 7.05. The van der Waals surface area contributed by atoms with E-state index >= 15 is 0 Å². The van der Waals surface area contributed by atoms with Gasteiger partial charge in [0.1, 0.15) is 17.1 Å². The van der Waals surface area contributed by atoms with Gasteiger partial charge in [0.05, 0.1) is 24.8 Å². The molecule has 0 amide bonds. The summed E-state index contributed by atoms with van der Waals surface area (Å²) in [5, 5.41) is 14.3. The molecule has 0 spiro atoms. The zero-order chi connectivity index (χ0) is 27.6. The number of fused-ring (bicyclic) bond motifs is 1. The monoisotopic (exact) mass is 539 g/mol. The Labute approximate surface area is 230 Å². The molecule has 0 saturated carbocycles. The number of ether oxygens (including phenoxy) is 2. The minimum Gasteiger partial charge on any atom is -0.497 e. The molecule has 0 aliphatic rings. The quantitative estimate of drug-likeness (QED) is 0.173. The van der Waals surface area contributed by atoms with Crippen LogP contribution in [0.2, 0.25) is 0 Å². The molecule has 198 valence electrons. The van der Waals surface area contributed by atoms with Gasteiger partial charge in [-0.15, -0.1) is 0 Å². The van der Waals surface area contributed by atoms with Gasteiger partial charge in [-0.1, -0.05) is 66.7 Å². The Bertz CT molecular complexity index is 1590. The highest BCUT2D eigenvalue weighted by Crippen LogP contribution is 2.41. The highest BCUT2D eigenvalue weighted by atomic mass is 32.2. The summed E-state index contributed by atoms with van der Waals surface area (Å²) >= 11 is -2.19. The summed E-state index contributed by atoms with van der Waals surface area (Å²) in [6.45, 7) is 0. The Balaban J connectivity index is 1.68. The molecule has 5 aromatic carbocycles. The van der Waals surface area contributed by atoms with E-state index in [1.54, 1.807) is 20.3 Å². The SMILES string of the molecule is COc1ccc(C(O)(c2ccc(OC)cc2)c2cccc(N(C)c3c(S(=O)O)ccc4ccccc34)c2)cc1. The molecule has 0 radical (unpaired) electrons. The van der Waals surface area contributed by atoms with E-state index in [2.05, 4.69) is 0 Å². The lowest BCUT2D eigenvalue weighted by Crippen LogP contribution is -2.29. The summed E-state index contributed by atoms with van der Waals surface area (Å²) in [6.07, 6.45) is 0. The maximum atomic E-state index is 12.5. The van der Waals surface area contributed by atoms with Crippen molar-refractivity contribution in [2.24, 2.45) is 0 Å². The molecule has 2 N–H and O–H groups in total. The van der Waals surface area contributed by atoms with E-state index in [0.717, 1.165) is 16.5 Å². The van der Waals surface area contributed by atoms with Crippen LogP contribution in [-0.4, -0.2) is 35.1 Å². The predicted molar refractivity (Wildman–Crippen MR) is 156 cm³/mol. The molecule has 0 aromatic heterocycles. The number of methoxy groups -OCH3 is 2. The van der Waals surface area contributed by atoms with Gasteiger partial charge in [-0.2, -0.15) is 0 Å². The summed E-state index contributed by atoms with van der Waals surface area (Å²) in [5.74, 6) is 1.37. The van der Waals surface area contributed by atoms with Crippen molar-refractivity contribution >= 4 is 33.2 Å². The van der Waals surface area contributed by atoms with Gasteiger partial charge >= 0.3 is 0 Å². The molecule has 5 rings (SSSR count). The highest BCUT2D eigenvalue weighted by Gasteiger charge is 2.34. The lowest BCUT2D eigenvalue weighted by atomic mass is 9.80. The second kappa shape index (κ2) is 10.9. The van der Waals surface area contributed by atoms with Crippen LogP contribution in [0, 0.1) is 0 Å². The average Bonchev–Trinajstić information content (AvgIpc) is 2.99. The molecule has 0 heterocycles. The third-order valence-corrected chi connectivity index (χ3v) is 7.76. The Morgan fingerprint density at radius 2 is 1.31 bits per heavy atom. The molecule has 0 aliphatic carbocycles. The summed E-state index contributed by atoms with van der Waals surface area (Å²) < 4.78 is 33.1. The lowest BCUT2D eigenvalue weighted by Gasteiger charge is -2.32. The predicted octanol–water partition coefficient (Wildman–Crippen LogP) is 6.49. The number of anilines is 2. The fourth-order valence-corrected chi connectivity index (χ4v) is 5.55. The second-order valence-corrected chi connectivity index (χ2v) is 10.1. The van der Waals surface area contributed by atoms with Crippen molar-refractivity contribution in [1.29, 1.82) is 0 Å². The molecule has 1 unspecified atom stereocenters. The lowest BCUT2D eigenvalue weighted by molar-refractivity contribution is 0.125. The first-order valence-corrected chi connectivity index (χ1v) is 13.5. The minimum atomic E-state index is -2.19. The Kier molecular flexibility index (Phi) is 7.39. The first kappa shape index (κ1) is 26.4. The van der Waals surface area contributed by atoms with Gasteiger partial charge in [-0.25, -0.2) is 4.21 Å². The maximum Gasteiger partial charge on any atom is 0.188 e. The van der Waals surface area contributed by atoms with Crippen molar-refractivity contribution in [3.05, 3.63) is 126 Å². The van der Waals surface area contributed by atoms with Crippen LogP contribution >= 0.6 is 0 Å². The topological polar surface area (TPSA) is 79.2 Å². The van der Waals surface area contributed by atoms with Crippen LogP contribution in [0.5, 0.6) is 11.5 Å². The van der Waals surface area contributed by atoms with Gasteiger partial charge in [-0.05, 0) is 64.5 Å². The van der Waals surface area contributed by atoms with Gasteiger partial charge < -0.3 is 24.0 Å². The molecule has 7 heteroatoms. The van der Waals surface area contributed by atoms with Crippen LogP contribution in [0.1, 0.15) is 16.7 Å². The summed E-state index contributed by atoms with van der Waals surface area (Å²) in [7, 11) is 5.06. The molecule has 1 atom stereocenters. The molecule has 6 nitrogen and oxygen atoms in total. The van der Waals surface area contributed by atoms with Gasteiger partial charge in [-0.3, -0.25) is 0 Å². The van der Waals surface area contributed by atoms with Crippen LogP contribution in [-0.2, 0) is 16.7 Å². The summed E-state index contributed by atoms with van der Waals surface area (Å²) in [5.41, 5.74) is 1.83. The zero-order valence-electron chi connectivity index (χ0n) is 21.9. The van der Waals surface area contributed by atoms with Crippen LogP contribution < -0.4 is 14.4 Å². The molecule has 5 aromatic rings. The van der Waals surface area contributed by atoms with E-state index in [4.69, 9.17) is 9.47 Å². The third kappa shape index (κ3) is 4.88. The Hall–Kier alpha value is -4.17. The molecule has 0 saturated heterocycles. The number of benzene rings is 5. The van der Waals surface area contributed by atoms with Crippen molar-refractivity contribution in [1.82, 2.24) is 0 Å². The fourth-order valence-electron chi connectivity index (χ4n) is 4.96. The van der Waals surface area contributed by atoms with Gasteiger partial charge in [0, 0.05) is 18.1 Å². The van der Waals surface area contributed by atoms with Crippen molar-refractivity contribution in [2.75, 3.05) is 26.2 Å². The van der Waals surface area contributed by atoms with E-state index in [1.165, 1.54) is 0 Å². The number of nitrogens with zero attached hydrogens (tertiary/aromatic N) is 1. The van der Waals surface area contributed by atoms with Crippen LogP contribution in [0.25, 0.3) is 10.8 Å². The standard InChI is InChI=1S/C32H29NO5S/c1-33(31-29-10-5-4-7-22(29)11-20-30(31)39(35)36)26-9-6-8-25(21-26)32(34,23-12-16-27(37-2)17-13-23)24-14-18-28(38-3)19-15-24/h4-21,34H,1-3H3,(H,35,36). The van der Waals surface area contributed by atoms with E-state index in [0.29, 0.717) is 38.8 Å². The van der Waals surface area contributed by atoms with Crippen molar-refractivity contribution in [2.45, 2.75) is 10.5 Å². The largest absolute Gasteiger partial charge is 0.497 e. The number of hydrogen-bond acceptors (Lipinski definition) is 5. The highest BCUT2D eigenvalue weighted by molar-refractivity contribution is 7.79. The van der Waals surface area contributed by atoms with Crippen molar-refractivity contribution in [3.63, 3.8) is 0 Å². The molecular weight excluding hydrogens is 510 g/mol. The van der Waals surface area contributed by atoms with Gasteiger partial charge in [0.25, 0.3) is 0 Å². The minimum absolute atomic E-state index is 0.308. The van der Waals surface area contributed by atoms with Crippen molar-refractivity contribution in [3.8, 4) is 11.5 Å². The summed E-state index contributed by atoms with van der Waals surface area (Å²) in [4.78, 5) is 2.19. The Morgan fingerprint density at radius 1 is 0.718 bits per heavy atom. The van der Waals surface area contributed by atoms with E-state index in [1.807, 2.05) is 115 Å². The molecule has 39 heavy (non-hydrogen) atoms. The fraction of sp³-hybridized carbons (Fsp3) is 0.125. The average molecular weight is 540 g/mol. The van der Waals surface area contributed by atoms with E-state index < -0.39 is 16.7 Å². The van der Waals surface area contributed by atoms with E-state index in [-0.39, 0.29) is 0 Å².